The summed E-state index contributed by atoms with van der Waals surface area (Å²) in [6.07, 6.45) is 1.73. The van der Waals surface area contributed by atoms with Crippen molar-refractivity contribution in [1.82, 2.24) is 4.98 Å². The number of nitrogens with two attached hydrogens (primary N) is 1. The van der Waals surface area contributed by atoms with E-state index < -0.39 is 12.7 Å². The third kappa shape index (κ3) is 1.29. The maximum absolute atomic E-state index is 11.8. The van der Waals surface area contributed by atoms with Crippen LogP contribution in [0.2, 0.25) is 0 Å². The first-order valence-electron chi connectivity index (χ1n) is 2.79. The monoisotopic (exact) mass is 128 g/mol. The molecule has 0 fully saturated rings. The summed E-state index contributed by atoms with van der Waals surface area (Å²) in [7, 11) is 0. The summed E-state index contributed by atoms with van der Waals surface area (Å²) in [5.41, 5.74) is 6.08. The quantitative estimate of drug-likeness (QED) is 0.612. The van der Waals surface area contributed by atoms with Gasteiger partial charge in [0, 0.05) is 11.9 Å². The standard InChI is InChI=1S/C6H9FN2/c7-4-5(8)6-2-1-3-9-6/h1-3,5,9H,4,8H2/t5-/m0/s1. The van der Waals surface area contributed by atoms with Gasteiger partial charge in [-0.15, -0.1) is 0 Å². The van der Waals surface area contributed by atoms with E-state index in [0.717, 1.165) is 5.69 Å². The fraction of sp³-hybridized carbons (Fsp3) is 0.333. The van der Waals surface area contributed by atoms with Gasteiger partial charge in [0.2, 0.25) is 0 Å². The lowest BCUT2D eigenvalue weighted by atomic mass is 10.2. The topological polar surface area (TPSA) is 41.8 Å². The Morgan fingerprint density at radius 2 is 2.56 bits per heavy atom. The van der Waals surface area contributed by atoms with Crippen molar-refractivity contribution in [2.24, 2.45) is 5.73 Å². The SMILES string of the molecule is N[C@@H](CF)c1ccc[nH]1. The van der Waals surface area contributed by atoms with Crippen LogP contribution in [-0.4, -0.2) is 11.7 Å². The van der Waals surface area contributed by atoms with Gasteiger partial charge in [-0.05, 0) is 12.1 Å². The molecule has 1 heterocycles. The average Bonchev–Trinajstić information content (AvgIpc) is 2.37. The van der Waals surface area contributed by atoms with Crippen LogP contribution in [0.5, 0.6) is 0 Å². The molecule has 9 heavy (non-hydrogen) atoms. The molecule has 3 N–H and O–H groups in total. The molecule has 1 atom stereocenters. The molecule has 50 valence electrons. The van der Waals surface area contributed by atoms with Gasteiger partial charge in [0.05, 0.1) is 6.04 Å². The van der Waals surface area contributed by atoms with Gasteiger partial charge in [0.15, 0.2) is 0 Å². The molecule has 0 radical (unpaired) electrons. The molecule has 0 aromatic carbocycles. The van der Waals surface area contributed by atoms with Crippen LogP contribution >= 0.6 is 0 Å². The van der Waals surface area contributed by atoms with Gasteiger partial charge in [-0.25, -0.2) is 4.39 Å². The summed E-state index contributed by atoms with van der Waals surface area (Å²) in [4.78, 5) is 2.82. The fourth-order valence-electron chi connectivity index (χ4n) is 0.658. The van der Waals surface area contributed by atoms with Crippen LogP contribution in [0.1, 0.15) is 11.7 Å². The van der Waals surface area contributed by atoms with E-state index in [1.807, 2.05) is 0 Å². The number of nitrogens with one attached hydrogen (secondary N) is 1. The Morgan fingerprint density at radius 3 is 3.00 bits per heavy atom. The van der Waals surface area contributed by atoms with Crippen LogP contribution in [-0.2, 0) is 0 Å². The highest BCUT2D eigenvalue weighted by atomic mass is 19.1. The van der Waals surface area contributed by atoms with E-state index in [4.69, 9.17) is 5.73 Å². The van der Waals surface area contributed by atoms with Crippen LogP contribution in [0.15, 0.2) is 18.3 Å². The van der Waals surface area contributed by atoms with Gasteiger partial charge in [-0.1, -0.05) is 0 Å². The first-order chi connectivity index (χ1) is 4.34. The van der Waals surface area contributed by atoms with Gasteiger partial charge >= 0.3 is 0 Å². The van der Waals surface area contributed by atoms with Crippen molar-refractivity contribution in [2.45, 2.75) is 6.04 Å². The number of alkyl halides is 1. The number of aromatic amines is 1. The molecule has 3 heteroatoms. The molecule has 0 bridgehead atoms. The van der Waals surface area contributed by atoms with Crippen molar-refractivity contribution in [2.75, 3.05) is 6.67 Å². The number of hydrogen-bond acceptors (Lipinski definition) is 1. The molecule has 2 nitrogen and oxygen atoms in total. The largest absolute Gasteiger partial charge is 0.364 e. The van der Waals surface area contributed by atoms with Crippen LogP contribution < -0.4 is 5.73 Å². The number of H-pyrrole nitrogens is 1. The minimum atomic E-state index is -0.513. The molecule has 1 rings (SSSR count). The van der Waals surface area contributed by atoms with Crippen molar-refractivity contribution in [3.63, 3.8) is 0 Å². The van der Waals surface area contributed by atoms with E-state index in [0.29, 0.717) is 0 Å². The summed E-state index contributed by atoms with van der Waals surface area (Å²) < 4.78 is 11.8. The molecule has 0 aliphatic rings. The fourth-order valence-corrected chi connectivity index (χ4v) is 0.658. The lowest BCUT2D eigenvalue weighted by Crippen LogP contribution is -2.12. The highest BCUT2D eigenvalue weighted by molar-refractivity contribution is 5.07. The lowest BCUT2D eigenvalue weighted by molar-refractivity contribution is 0.433. The second-order valence-corrected chi connectivity index (χ2v) is 1.89. The van der Waals surface area contributed by atoms with E-state index in [1.54, 1.807) is 18.3 Å². The molecule has 0 aliphatic carbocycles. The van der Waals surface area contributed by atoms with Crippen molar-refractivity contribution in [3.8, 4) is 0 Å². The van der Waals surface area contributed by atoms with E-state index >= 15 is 0 Å². The van der Waals surface area contributed by atoms with Crippen molar-refractivity contribution >= 4 is 0 Å². The molecule has 0 saturated carbocycles. The van der Waals surface area contributed by atoms with Gasteiger partial charge < -0.3 is 10.7 Å². The lowest BCUT2D eigenvalue weighted by Gasteiger charge is -2.01. The molecule has 0 aliphatic heterocycles. The zero-order valence-electron chi connectivity index (χ0n) is 4.97. The molecular formula is C6H9FN2. The maximum atomic E-state index is 11.8. The van der Waals surface area contributed by atoms with Gasteiger partial charge in [0.1, 0.15) is 6.67 Å². The van der Waals surface area contributed by atoms with Crippen LogP contribution in [0, 0.1) is 0 Å². The van der Waals surface area contributed by atoms with Crippen LogP contribution in [0.4, 0.5) is 4.39 Å². The summed E-state index contributed by atoms with van der Waals surface area (Å²) >= 11 is 0. The molecule has 0 spiro atoms. The minimum Gasteiger partial charge on any atom is -0.364 e. The van der Waals surface area contributed by atoms with Gasteiger partial charge in [0.25, 0.3) is 0 Å². The molecular weight excluding hydrogens is 119 g/mol. The molecule has 1 aromatic rings. The Balaban J connectivity index is 2.65. The first kappa shape index (κ1) is 6.29. The molecule has 0 unspecified atom stereocenters. The summed E-state index contributed by atoms with van der Waals surface area (Å²) in [6, 6.07) is 3.08. The number of halogens is 1. The highest BCUT2D eigenvalue weighted by Gasteiger charge is 2.03. The van der Waals surface area contributed by atoms with Gasteiger partial charge in [-0.3, -0.25) is 0 Å². The van der Waals surface area contributed by atoms with E-state index in [1.165, 1.54) is 0 Å². The zero-order valence-corrected chi connectivity index (χ0v) is 4.97. The number of rotatable bonds is 2. The van der Waals surface area contributed by atoms with Crippen LogP contribution in [0.3, 0.4) is 0 Å². The summed E-state index contributed by atoms with van der Waals surface area (Å²) in [5, 5.41) is 0. The van der Waals surface area contributed by atoms with E-state index in [2.05, 4.69) is 4.98 Å². The summed E-state index contributed by atoms with van der Waals surface area (Å²) in [6.45, 7) is -0.513. The predicted molar refractivity (Wildman–Crippen MR) is 33.7 cm³/mol. The predicted octanol–water partition coefficient (Wildman–Crippen LogP) is 0.984. The van der Waals surface area contributed by atoms with Crippen molar-refractivity contribution in [3.05, 3.63) is 24.0 Å². The maximum Gasteiger partial charge on any atom is 0.110 e. The zero-order chi connectivity index (χ0) is 6.69. The smallest absolute Gasteiger partial charge is 0.110 e. The average molecular weight is 128 g/mol. The normalized spacial score (nSPS) is 13.6. The second-order valence-electron chi connectivity index (χ2n) is 1.89. The third-order valence-corrected chi connectivity index (χ3v) is 1.19. The summed E-state index contributed by atoms with van der Waals surface area (Å²) in [5.74, 6) is 0. The number of aromatic nitrogens is 1. The first-order valence-corrected chi connectivity index (χ1v) is 2.79. The number of hydrogen-bond donors (Lipinski definition) is 2. The second kappa shape index (κ2) is 2.64. The Labute approximate surface area is 52.9 Å². The van der Waals surface area contributed by atoms with Crippen molar-refractivity contribution in [1.29, 1.82) is 0 Å². The Hall–Kier alpha value is -0.830. The minimum absolute atomic E-state index is 0.486. The third-order valence-electron chi connectivity index (χ3n) is 1.19. The Bertz CT molecular complexity index is 160. The Kier molecular flexibility index (Phi) is 1.85. The van der Waals surface area contributed by atoms with Gasteiger partial charge in [-0.2, -0.15) is 0 Å². The molecule has 1 aromatic heterocycles. The Morgan fingerprint density at radius 1 is 1.78 bits per heavy atom. The highest BCUT2D eigenvalue weighted by Crippen LogP contribution is 2.05. The molecule has 0 amide bonds. The van der Waals surface area contributed by atoms with E-state index in [9.17, 15) is 4.39 Å². The van der Waals surface area contributed by atoms with E-state index in [-0.39, 0.29) is 0 Å². The molecule has 0 saturated heterocycles. The van der Waals surface area contributed by atoms with Crippen LogP contribution in [0.25, 0.3) is 0 Å². The van der Waals surface area contributed by atoms with Crippen molar-refractivity contribution < 1.29 is 4.39 Å².